The second kappa shape index (κ2) is 7.24. The van der Waals surface area contributed by atoms with E-state index in [0.29, 0.717) is 12.1 Å². The predicted molar refractivity (Wildman–Crippen MR) is 102 cm³/mol. The number of benzene rings is 1. The molecule has 2 aromatic heterocycles. The number of anilines is 1. The Kier molecular flexibility index (Phi) is 4.65. The maximum absolute atomic E-state index is 10.1. The van der Waals surface area contributed by atoms with E-state index in [2.05, 4.69) is 21.4 Å². The van der Waals surface area contributed by atoms with Crippen molar-refractivity contribution < 1.29 is 5.11 Å². The molecule has 0 radical (unpaired) electrons. The van der Waals surface area contributed by atoms with E-state index in [1.54, 1.807) is 17.5 Å². The molecular weight excluding hydrogens is 344 g/mol. The van der Waals surface area contributed by atoms with E-state index in [-0.39, 0.29) is 0 Å². The second-order valence-electron chi connectivity index (χ2n) is 6.32. The summed E-state index contributed by atoms with van der Waals surface area (Å²) in [6.45, 7) is 0.624. The van der Waals surface area contributed by atoms with Crippen LogP contribution in [-0.2, 0) is 13.0 Å². The highest BCUT2D eigenvalue weighted by Gasteiger charge is 2.21. The van der Waals surface area contributed by atoms with Gasteiger partial charge in [-0.25, -0.2) is 4.98 Å². The molecule has 0 spiro atoms. The molecule has 1 aliphatic carbocycles. The van der Waals surface area contributed by atoms with Crippen LogP contribution in [0.5, 0.6) is 0 Å². The van der Waals surface area contributed by atoms with Gasteiger partial charge in [-0.2, -0.15) is 5.26 Å². The van der Waals surface area contributed by atoms with E-state index >= 15 is 0 Å². The quantitative estimate of drug-likeness (QED) is 0.731. The minimum absolute atomic E-state index is 0.456. The molecule has 1 unspecified atom stereocenters. The van der Waals surface area contributed by atoms with Gasteiger partial charge in [-0.1, -0.05) is 12.1 Å². The number of hydrogen-bond acceptors (Lipinski definition) is 6. The Morgan fingerprint density at radius 1 is 1.27 bits per heavy atom. The molecule has 5 nitrogen and oxygen atoms in total. The lowest BCUT2D eigenvalue weighted by Gasteiger charge is -2.22. The molecule has 0 saturated carbocycles. The molecule has 6 heteroatoms. The Morgan fingerprint density at radius 2 is 2.12 bits per heavy atom. The molecule has 130 valence electrons. The highest BCUT2D eigenvalue weighted by molar-refractivity contribution is 7.13. The van der Waals surface area contributed by atoms with Crippen LogP contribution in [0.15, 0.2) is 41.9 Å². The molecule has 1 aliphatic rings. The third-order valence-electron chi connectivity index (χ3n) is 4.58. The first-order chi connectivity index (χ1) is 12.7. The maximum atomic E-state index is 10.1. The van der Waals surface area contributed by atoms with E-state index < -0.39 is 6.10 Å². The average molecular weight is 362 g/mol. The smallest absolute Gasteiger partial charge is 0.123 e. The summed E-state index contributed by atoms with van der Waals surface area (Å²) in [6.07, 6.45) is 4.00. The number of nitriles is 1. The zero-order valence-electron chi connectivity index (χ0n) is 14.1. The summed E-state index contributed by atoms with van der Waals surface area (Å²) < 4.78 is 0. The standard InChI is InChI=1S/C20H18N4OS/c21-10-13-4-6-14(7-5-13)20-24-15(12-26-20)11-23-17-8-9-22-19-16(17)2-1-3-18(19)25/h4-9,12,18,25H,1-3,11H2,(H,22,23). The number of hydrogen-bond donors (Lipinski definition) is 2. The average Bonchev–Trinajstić information content (AvgIpc) is 3.16. The highest BCUT2D eigenvalue weighted by atomic mass is 32.1. The number of aliphatic hydroxyl groups excluding tert-OH is 1. The van der Waals surface area contributed by atoms with Crippen molar-refractivity contribution >= 4 is 17.0 Å². The lowest BCUT2D eigenvalue weighted by atomic mass is 9.92. The van der Waals surface area contributed by atoms with E-state index in [0.717, 1.165) is 52.5 Å². The van der Waals surface area contributed by atoms with Crippen molar-refractivity contribution in [2.75, 3.05) is 5.32 Å². The van der Waals surface area contributed by atoms with Gasteiger partial charge in [0.05, 0.1) is 35.7 Å². The lowest BCUT2D eigenvalue weighted by Crippen LogP contribution is -2.14. The SMILES string of the molecule is N#Cc1ccc(-c2nc(CNc3ccnc4c3CCCC4O)cs2)cc1. The summed E-state index contributed by atoms with van der Waals surface area (Å²) in [4.78, 5) is 9.03. The van der Waals surface area contributed by atoms with Gasteiger partial charge in [0.1, 0.15) is 5.01 Å². The van der Waals surface area contributed by atoms with Crippen LogP contribution in [0.1, 0.15) is 41.5 Å². The normalized spacial score (nSPS) is 15.9. The Morgan fingerprint density at radius 3 is 2.92 bits per heavy atom. The van der Waals surface area contributed by atoms with Gasteiger partial charge in [-0.05, 0) is 43.0 Å². The van der Waals surface area contributed by atoms with Gasteiger partial charge in [0.25, 0.3) is 0 Å². The van der Waals surface area contributed by atoms with Crippen LogP contribution < -0.4 is 5.32 Å². The van der Waals surface area contributed by atoms with Crippen LogP contribution in [0.3, 0.4) is 0 Å². The van der Waals surface area contributed by atoms with Crippen LogP contribution in [-0.4, -0.2) is 15.1 Å². The van der Waals surface area contributed by atoms with Gasteiger partial charge in [0.15, 0.2) is 0 Å². The molecule has 0 saturated heterocycles. The summed E-state index contributed by atoms with van der Waals surface area (Å²) in [5, 5.41) is 25.4. The highest BCUT2D eigenvalue weighted by Crippen LogP contribution is 2.32. The number of aromatic nitrogens is 2. The molecule has 4 rings (SSSR count). The molecule has 26 heavy (non-hydrogen) atoms. The van der Waals surface area contributed by atoms with Crippen molar-refractivity contribution in [3.8, 4) is 16.6 Å². The zero-order chi connectivity index (χ0) is 17.9. The van der Waals surface area contributed by atoms with Crippen LogP contribution in [0, 0.1) is 11.3 Å². The number of aliphatic hydroxyl groups is 1. The Hall–Kier alpha value is -2.75. The van der Waals surface area contributed by atoms with E-state index in [9.17, 15) is 5.11 Å². The maximum Gasteiger partial charge on any atom is 0.123 e. The van der Waals surface area contributed by atoms with Crippen molar-refractivity contribution in [2.24, 2.45) is 0 Å². The van der Waals surface area contributed by atoms with Gasteiger partial charge in [0, 0.05) is 22.8 Å². The molecule has 0 fully saturated rings. The van der Waals surface area contributed by atoms with Gasteiger partial charge in [0.2, 0.25) is 0 Å². The van der Waals surface area contributed by atoms with Gasteiger partial charge in [-0.3, -0.25) is 4.98 Å². The van der Waals surface area contributed by atoms with Crippen molar-refractivity contribution in [1.29, 1.82) is 5.26 Å². The van der Waals surface area contributed by atoms with Crippen molar-refractivity contribution in [3.05, 3.63) is 64.4 Å². The van der Waals surface area contributed by atoms with Gasteiger partial charge in [-0.15, -0.1) is 11.3 Å². The number of pyridine rings is 1. The molecule has 2 heterocycles. The first-order valence-corrected chi connectivity index (χ1v) is 9.47. The molecule has 0 bridgehead atoms. The monoisotopic (exact) mass is 362 g/mol. The van der Waals surface area contributed by atoms with E-state index in [4.69, 9.17) is 5.26 Å². The molecular formula is C20H18N4OS. The second-order valence-corrected chi connectivity index (χ2v) is 7.18. The minimum Gasteiger partial charge on any atom is -0.387 e. The number of nitrogens with zero attached hydrogens (tertiary/aromatic N) is 3. The first kappa shape index (κ1) is 16.7. The summed E-state index contributed by atoms with van der Waals surface area (Å²) in [6, 6.07) is 11.6. The van der Waals surface area contributed by atoms with Gasteiger partial charge < -0.3 is 10.4 Å². The summed E-state index contributed by atoms with van der Waals surface area (Å²) in [5.74, 6) is 0. The fourth-order valence-corrected chi connectivity index (χ4v) is 4.05. The Balaban J connectivity index is 1.49. The van der Waals surface area contributed by atoms with E-state index in [1.165, 1.54) is 0 Å². The van der Waals surface area contributed by atoms with Crippen molar-refractivity contribution in [3.63, 3.8) is 0 Å². The molecule has 1 aromatic carbocycles. The minimum atomic E-state index is -0.456. The molecule has 0 amide bonds. The molecule has 1 atom stereocenters. The molecule has 0 aliphatic heterocycles. The van der Waals surface area contributed by atoms with Crippen LogP contribution >= 0.6 is 11.3 Å². The summed E-state index contributed by atoms with van der Waals surface area (Å²) in [5.41, 5.74) is 5.59. The topological polar surface area (TPSA) is 81.8 Å². The number of nitrogens with one attached hydrogen (secondary N) is 1. The number of thiazole rings is 1. The summed E-state index contributed by atoms with van der Waals surface area (Å²) >= 11 is 1.59. The largest absolute Gasteiger partial charge is 0.387 e. The van der Waals surface area contributed by atoms with Crippen molar-refractivity contribution in [2.45, 2.75) is 31.9 Å². The van der Waals surface area contributed by atoms with Crippen molar-refractivity contribution in [1.82, 2.24) is 9.97 Å². The third-order valence-corrected chi connectivity index (χ3v) is 5.52. The fraction of sp³-hybridized carbons (Fsp3) is 0.250. The number of fused-ring (bicyclic) bond motifs is 1. The fourth-order valence-electron chi connectivity index (χ4n) is 3.23. The lowest BCUT2D eigenvalue weighted by molar-refractivity contribution is 0.151. The van der Waals surface area contributed by atoms with Gasteiger partial charge >= 0.3 is 0 Å². The summed E-state index contributed by atoms with van der Waals surface area (Å²) in [7, 11) is 0. The van der Waals surface area contributed by atoms with Crippen LogP contribution in [0.25, 0.3) is 10.6 Å². The molecule has 2 N–H and O–H groups in total. The van der Waals surface area contributed by atoms with E-state index in [1.807, 2.05) is 35.7 Å². The zero-order valence-corrected chi connectivity index (χ0v) is 15.0. The Bertz CT molecular complexity index is 959. The third kappa shape index (κ3) is 3.32. The predicted octanol–water partition coefficient (Wildman–Crippen LogP) is 4.06. The number of rotatable bonds is 4. The first-order valence-electron chi connectivity index (χ1n) is 8.59. The van der Waals surface area contributed by atoms with Crippen LogP contribution in [0.4, 0.5) is 5.69 Å². The van der Waals surface area contributed by atoms with Crippen LogP contribution in [0.2, 0.25) is 0 Å². The Labute approximate surface area is 156 Å². The molecule has 3 aromatic rings.